The SMILES string of the molecule is Cc1cc(NC(=O)COc2ccccc2F)n(-c2nc(-c3ccc4c(c3)OCO4)cs2)n1. The van der Waals surface area contributed by atoms with Crippen LogP contribution in [0.15, 0.2) is 53.9 Å². The van der Waals surface area contributed by atoms with Crippen molar-refractivity contribution in [3.8, 4) is 33.6 Å². The van der Waals surface area contributed by atoms with Crippen molar-refractivity contribution in [2.45, 2.75) is 6.92 Å². The van der Waals surface area contributed by atoms with Crippen molar-refractivity contribution in [2.24, 2.45) is 0 Å². The number of halogens is 1. The quantitative estimate of drug-likeness (QED) is 0.472. The summed E-state index contributed by atoms with van der Waals surface area (Å²) in [7, 11) is 0. The molecular formula is C22H17FN4O4S. The number of amides is 1. The number of benzene rings is 2. The number of hydrogen-bond acceptors (Lipinski definition) is 7. The fraction of sp³-hybridized carbons (Fsp3) is 0.136. The van der Waals surface area contributed by atoms with Crippen molar-refractivity contribution in [1.82, 2.24) is 14.8 Å². The van der Waals surface area contributed by atoms with Crippen LogP contribution in [0.4, 0.5) is 10.2 Å². The second kappa shape index (κ2) is 8.31. The van der Waals surface area contributed by atoms with Crippen molar-refractivity contribution in [3.63, 3.8) is 0 Å². The minimum Gasteiger partial charge on any atom is -0.481 e. The minimum atomic E-state index is -0.528. The van der Waals surface area contributed by atoms with Gasteiger partial charge < -0.3 is 19.5 Å². The average Bonchev–Trinajstić information content (AvgIpc) is 3.52. The fourth-order valence-corrected chi connectivity index (χ4v) is 3.96. The summed E-state index contributed by atoms with van der Waals surface area (Å²) in [6.45, 7) is 1.68. The first-order chi connectivity index (χ1) is 15.6. The number of anilines is 1. The Bertz CT molecular complexity index is 1300. The number of carbonyl (C=O) groups excluding carboxylic acids is 1. The van der Waals surface area contributed by atoms with Crippen LogP contribution in [0.2, 0.25) is 0 Å². The van der Waals surface area contributed by atoms with Crippen molar-refractivity contribution >= 4 is 23.1 Å². The molecule has 0 saturated heterocycles. The maximum Gasteiger partial charge on any atom is 0.263 e. The van der Waals surface area contributed by atoms with Gasteiger partial charge in [0.2, 0.25) is 11.9 Å². The highest BCUT2D eigenvalue weighted by molar-refractivity contribution is 7.12. The summed E-state index contributed by atoms with van der Waals surface area (Å²) in [6.07, 6.45) is 0. The van der Waals surface area contributed by atoms with Gasteiger partial charge in [-0.2, -0.15) is 9.78 Å². The highest BCUT2D eigenvalue weighted by atomic mass is 32.1. The zero-order valence-corrected chi connectivity index (χ0v) is 17.7. The number of fused-ring (bicyclic) bond motifs is 1. The monoisotopic (exact) mass is 452 g/mol. The summed E-state index contributed by atoms with van der Waals surface area (Å²) in [5.74, 6) is 0.864. The molecule has 0 atom stereocenters. The molecule has 0 fully saturated rings. The molecular weight excluding hydrogens is 435 g/mol. The molecule has 2 aromatic carbocycles. The van der Waals surface area contributed by atoms with Gasteiger partial charge in [-0.15, -0.1) is 11.3 Å². The Kier molecular flexibility index (Phi) is 5.20. The van der Waals surface area contributed by atoms with Gasteiger partial charge in [-0.3, -0.25) is 4.79 Å². The summed E-state index contributed by atoms with van der Waals surface area (Å²) in [5, 5.41) is 9.66. The van der Waals surface area contributed by atoms with E-state index in [2.05, 4.69) is 15.4 Å². The number of thiazole rings is 1. The van der Waals surface area contributed by atoms with Crippen LogP contribution in [0, 0.1) is 12.7 Å². The van der Waals surface area contributed by atoms with Crippen molar-refractivity contribution in [2.75, 3.05) is 18.7 Å². The first-order valence-corrected chi connectivity index (χ1v) is 10.5. The van der Waals surface area contributed by atoms with E-state index in [0.29, 0.717) is 28.1 Å². The molecule has 32 heavy (non-hydrogen) atoms. The third-order valence-electron chi connectivity index (χ3n) is 4.64. The number of ether oxygens (including phenoxy) is 3. The van der Waals surface area contributed by atoms with E-state index in [1.807, 2.05) is 30.5 Å². The third-order valence-corrected chi connectivity index (χ3v) is 5.45. The number of rotatable bonds is 6. The Morgan fingerprint density at radius 1 is 1.22 bits per heavy atom. The summed E-state index contributed by atoms with van der Waals surface area (Å²) >= 11 is 1.38. The zero-order valence-electron chi connectivity index (χ0n) is 16.9. The van der Waals surface area contributed by atoms with Gasteiger partial charge >= 0.3 is 0 Å². The highest BCUT2D eigenvalue weighted by Gasteiger charge is 2.18. The predicted octanol–water partition coefficient (Wildman–Crippen LogP) is 4.19. The van der Waals surface area contributed by atoms with Crippen LogP contribution < -0.4 is 19.5 Å². The molecule has 0 radical (unpaired) electrons. The van der Waals surface area contributed by atoms with E-state index >= 15 is 0 Å². The lowest BCUT2D eigenvalue weighted by Crippen LogP contribution is -2.22. The molecule has 1 amide bonds. The lowest BCUT2D eigenvalue weighted by Gasteiger charge is -2.08. The molecule has 8 nitrogen and oxygen atoms in total. The normalized spacial score (nSPS) is 12.1. The Hall–Kier alpha value is -3.92. The second-order valence-corrected chi connectivity index (χ2v) is 7.77. The molecule has 10 heteroatoms. The van der Waals surface area contributed by atoms with E-state index in [4.69, 9.17) is 14.2 Å². The smallest absolute Gasteiger partial charge is 0.263 e. The fourth-order valence-electron chi connectivity index (χ4n) is 3.17. The van der Waals surface area contributed by atoms with Gasteiger partial charge in [-0.25, -0.2) is 9.37 Å². The van der Waals surface area contributed by atoms with Gasteiger partial charge in [0, 0.05) is 17.0 Å². The molecule has 0 aliphatic carbocycles. The highest BCUT2D eigenvalue weighted by Crippen LogP contribution is 2.36. The molecule has 5 rings (SSSR count). The Labute approximate surface area is 186 Å². The number of nitrogens with zero attached hydrogens (tertiary/aromatic N) is 3. The summed E-state index contributed by atoms with van der Waals surface area (Å²) in [4.78, 5) is 17.0. The van der Waals surface area contributed by atoms with Crippen molar-refractivity contribution in [1.29, 1.82) is 0 Å². The summed E-state index contributed by atoms with van der Waals surface area (Å²) < 4.78 is 31.3. The molecule has 0 spiro atoms. The minimum absolute atomic E-state index is 0.0145. The molecule has 1 N–H and O–H groups in total. The van der Waals surface area contributed by atoms with Gasteiger partial charge in [-0.05, 0) is 37.3 Å². The van der Waals surface area contributed by atoms with E-state index in [1.165, 1.54) is 23.5 Å². The van der Waals surface area contributed by atoms with Crippen LogP contribution in [-0.2, 0) is 4.79 Å². The number of aromatic nitrogens is 3. The van der Waals surface area contributed by atoms with Crippen molar-refractivity contribution in [3.05, 3.63) is 65.4 Å². The van der Waals surface area contributed by atoms with E-state index in [1.54, 1.807) is 22.9 Å². The van der Waals surface area contributed by atoms with Crippen LogP contribution in [-0.4, -0.2) is 34.1 Å². The van der Waals surface area contributed by atoms with Crippen LogP contribution in [0.5, 0.6) is 17.2 Å². The maximum atomic E-state index is 13.7. The van der Waals surface area contributed by atoms with Gasteiger partial charge in [-0.1, -0.05) is 12.1 Å². The molecule has 162 valence electrons. The number of aryl methyl sites for hydroxylation is 1. The van der Waals surface area contributed by atoms with Gasteiger partial charge in [0.15, 0.2) is 29.7 Å². The zero-order chi connectivity index (χ0) is 22.1. The van der Waals surface area contributed by atoms with Crippen LogP contribution in [0.3, 0.4) is 0 Å². The topological polar surface area (TPSA) is 87.5 Å². The number of hydrogen-bond donors (Lipinski definition) is 1. The summed E-state index contributed by atoms with van der Waals surface area (Å²) in [5.41, 5.74) is 2.33. The maximum absolute atomic E-state index is 13.7. The number of nitrogens with one attached hydrogen (secondary N) is 1. The van der Waals surface area contributed by atoms with Crippen molar-refractivity contribution < 1.29 is 23.4 Å². The summed E-state index contributed by atoms with van der Waals surface area (Å²) in [6, 6.07) is 13.3. The Morgan fingerprint density at radius 3 is 2.94 bits per heavy atom. The lowest BCUT2D eigenvalue weighted by atomic mass is 10.1. The molecule has 0 bridgehead atoms. The van der Waals surface area contributed by atoms with E-state index in [0.717, 1.165) is 11.3 Å². The lowest BCUT2D eigenvalue weighted by molar-refractivity contribution is -0.118. The second-order valence-electron chi connectivity index (χ2n) is 6.93. The first kappa shape index (κ1) is 20.0. The van der Waals surface area contributed by atoms with E-state index in [-0.39, 0.29) is 19.1 Å². The van der Waals surface area contributed by atoms with Crippen LogP contribution in [0.1, 0.15) is 5.69 Å². The van der Waals surface area contributed by atoms with Gasteiger partial charge in [0.05, 0.1) is 11.4 Å². The molecule has 1 aliphatic heterocycles. The average molecular weight is 452 g/mol. The van der Waals surface area contributed by atoms with Gasteiger partial charge in [0.1, 0.15) is 5.82 Å². The standard InChI is InChI=1S/C22H17FN4O4S/c1-13-8-20(25-21(28)10-29-17-5-3-2-4-15(17)23)27(26-13)22-24-16(11-32-22)14-6-7-18-19(9-14)31-12-30-18/h2-9,11H,10,12H2,1H3,(H,25,28). The van der Waals surface area contributed by atoms with Crippen LogP contribution >= 0.6 is 11.3 Å². The molecule has 0 saturated carbocycles. The van der Waals surface area contributed by atoms with E-state index in [9.17, 15) is 9.18 Å². The predicted molar refractivity (Wildman–Crippen MR) is 116 cm³/mol. The largest absolute Gasteiger partial charge is 0.481 e. The molecule has 3 heterocycles. The first-order valence-electron chi connectivity index (χ1n) is 9.66. The third kappa shape index (κ3) is 4.00. The number of carbonyl (C=O) groups is 1. The van der Waals surface area contributed by atoms with Crippen LogP contribution in [0.25, 0.3) is 16.4 Å². The van der Waals surface area contributed by atoms with E-state index < -0.39 is 11.7 Å². The molecule has 1 aliphatic rings. The Balaban J connectivity index is 1.32. The Morgan fingerprint density at radius 2 is 2.06 bits per heavy atom. The molecule has 0 unspecified atom stereocenters. The molecule has 2 aromatic heterocycles. The number of para-hydroxylation sites is 1. The molecule has 4 aromatic rings. The van der Waals surface area contributed by atoms with Gasteiger partial charge in [0.25, 0.3) is 5.91 Å².